The van der Waals surface area contributed by atoms with Gasteiger partial charge in [-0.2, -0.15) is 8.78 Å². The van der Waals surface area contributed by atoms with Crippen LogP contribution in [0.2, 0.25) is 5.02 Å². The number of fused-ring (bicyclic) bond motifs is 1. The van der Waals surface area contributed by atoms with E-state index in [0.717, 1.165) is 0 Å². The lowest BCUT2D eigenvalue weighted by Crippen LogP contribution is -2.52. The first kappa shape index (κ1) is 18.4. The van der Waals surface area contributed by atoms with Gasteiger partial charge >= 0.3 is 6.43 Å². The molecule has 1 amide bonds. The molecule has 1 aliphatic heterocycles. The monoisotopic (exact) mass is 405 g/mol. The van der Waals surface area contributed by atoms with Crippen molar-refractivity contribution in [1.29, 1.82) is 0 Å². The Bertz CT molecular complexity index is 1070. The number of hydrogen-bond acceptors (Lipinski definition) is 5. The highest BCUT2D eigenvalue weighted by Crippen LogP contribution is 2.42. The first-order valence-electron chi connectivity index (χ1n) is 8.29. The van der Waals surface area contributed by atoms with Gasteiger partial charge in [-0.05, 0) is 31.2 Å². The van der Waals surface area contributed by atoms with Crippen LogP contribution in [-0.4, -0.2) is 28.1 Å². The predicted octanol–water partition coefficient (Wildman–Crippen LogP) is 4.66. The zero-order valence-electron chi connectivity index (χ0n) is 14.8. The van der Waals surface area contributed by atoms with Gasteiger partial charge < -0.3 is 9.15 Å². The van der Waals surface area contributed by atoms with Crippen LogP contribution in [0.1, 0.15) is 35.2 Å². The maximum atomic E-state index is 13.0. The Kier molecular flexibility index (Phi) is 4.30. The van der Waals surface area contributed by atoms with E-state index >= 15 is 0 Å². The molecule has 4 rings (SSSR count). The van der Waals surface area contributed by atoms with E-state index in [1.165, 1.54) is 11.0 Å². The van der Waals surface area contributed by atoms with E-state index in [9.17, 15) is 13.6 Å². The molecule has 6 nitrogen and oxygen atoms in total. The number of amides is 1. The minimum atomic E-state index is -2.87. The number of ether oxygens (including phenoxy) is 1. The van der Waals surface area contributed by atoms with Gasteiger partial charge in [-0.15, -0.1) is 10.2 Å². The molecular weight excluding hydrogens is 392 g/mol. The Morgan fingerprint density at radius 2 is 1.93 bits per heavy atom. The van der Waals surface area contributed by atoms with Gasteiger partial charge in [0.25, 0.3) is 11.8 Å². The molecule has 0 radical (unpaired) electrons. The Morgan fingerprint density at radius 3 is 2.61 bits per heavy atom. The van der Waals surface area contributed by atoms with Crippen LogP contribution < -0.4 is 4.74 Å². The van der Waals surface area contributed by atoms with Crippen LogP contribution >= 0.6 is 11.6 Å². The van der Waals surface area contributed by atoms with Crippen molar-refractivity contribution in [2.24, 2.45) is 0 Å². The standard InChI is InChI=1S/C19H14ClF2N3O3/c1-19(12-5-3-4-6-13(12)20)25(2)18(26)11-9-10(7-8-14(11)28-19)16-23-24-17(27-16)15(21)22/h3-9,15H,1-2H3. The predicted molar refractivity (Wildman–Crippen MR) is 96.2 cm³/mol. The van der Waals surface area contributed by atoms with Crippen LogP contribution in [0.3, 0.4) is 0 Å². The van der Waals surface area contributed by atoms with Crippen molar-refractivity contribution < 1.29 is 22.7 Å². The lowest BCUT2D eigenvalue weighted by Gasteiger charge is -2.43. The molecule has 1 atom stereocenters. The van der Waals surface area contributed by atoms with E-state index in [-0.39, 0.29) is 17.4 Å². The zero-order valence-corrected chi connectivity index (χ0v) is 15.6. The molecule has 1 aliphatic rings. The lowest BCUT2D eigenvalue weighted by atomic mass is 9.98. The fourth-order valence-corrected chi connectivity index (χ4v) is 3.40. The Hall–Kier alpha value is -3.00. The lowest BCUT2D eigenvalue weighted by molar-refractivity contribution is -0.0555. The van der Waals surface area contributed by atoms with Gasteiger partial charge in [-0.25, -0.2) is 0 Å². The van der Waals surface area contributed by atoms with Crippen molar-refractivity contribution in [3.05, 3.63) is 64.5 Å². The number of alkyl halides is 2. The third-order valence-electron chi connectivity index (χ3n) is 4.71. The number of benzene rings is 2. The van der Waals surface area contributed by atoms with Gasteiger partial charge in [-0.3, -0.25) is 9.69 Å². The van der Waals surface area contributed by atoms with E-state index in [4.69, 9.17) is 20.8 Å². The van der Waals surface area contributed by atoms with E-state index in [0.29, 0.717) is 21.9 Å². The highest BCUT2D eigenvalue weighted by atomic mass is 35.5. The maximum absolute atomic E-state index is 13.0. The molecule has 3 aromatic rings. The van der Waals surface area contributed by atoms with Crippen molar-refractivity contribution in [1.82, 2.24) is 15.1 Å². The third-order valence-corrected chi connectivity index (χ3v) is 5.04. The number of hydrogen-bond donors (Lipinski definition) is 0. The molecule has 0 aliphatic carbocycles. The zero-order chi connectivity index (χ0) is 20.1. The number of carbonyl (C=O) groups is 1. The summed E-state index contributed by atoms with van der Waals surface area (Å²) in [5.41, 5.74) is 0.115. The van der Waals surface area contributed by atoms with Crippen molar-refractivity contribution in [3.63, 3.8) is 0 Å². The van der Waals surface area contributed by atoms with Crippen LogP contribution in [0.4, 0.5) is 8.78 Å². The number of rotatable bonds is 3. The normalized spacial score (nSPS) is 18.9. The molecule has 2 aromatic carbocycles. The molecule has 28 heavy (non-hydrogen) atoms. The Balaban J connectivity index is 1.76. The average molecular weight is 406 g/mol. The molecule has 144 valence electrons. The van der Waals surface area contributed by atoms with Crippen molar-refractivity contribution in [2.75, 3.05) is 7.05 Å². The molecule has 0 fully saturated rings. The molecule has 0 N–H and O–H groups in total. The third kappa shape index (κ3) is 2.80. The maximum Gasteiger partial charge on any atom is 0.314 e. The van der Waals surface area contributed by atoms with Gasteiger partial charge in [0, 0.05) is 23.2 Å². The second-order valence-corrected chi connectivity index (χ2v) is 6.79. The molecule has 2 heterocycles. The van der Waals surface area contributed by atoms with Crippen LogP contribution in [-0.2, 0) is 5.72 Å². The molecule has 0 saturated heterocycles. The molecular formula is C19H14ClF2N3O3. The summed E-state index contributed by atoms with van der Waals surface area (Å²) in [5.74, 6) is -0.867. The summed E-state index contributed by atoms with van der Waals surface area (Å²) < 4.78 is 36.4. The Labute approximate surface area is 163 Å². The van der Waals surface area contributed by atoms with Gasteiger partial charge in [0.05, 0.1) is 5.56 Å². The summed E-state index contributed by atoms with van der Waals surface area (Å²) in [5, 5.41) is 7.38. The van der Waals surface area contributed by atoms with Crippen LogP contribution in [0, 0.1) is 0 Å². The first-order valence-corrected chi connectivity index (χ1v) is 8.67. The highest BCUT2D eigenvalue weighted by molar-refractivity contribution is 6.31. The molecule has 0 spiro atoms. The second kappa shape index (κ2) is 6.56. The number of aromatic nitrogens is 2. The van der Waals surface area contributed by atoms with Crippen molar-refractivity contribution >= 4 is 17.5 Å². The smallest absolute Gasteiger partial charge is 0.314 e. The van der Waals surface area contributed by atoms with Crippen LogP contribution in [0.5, 0.6) is 5.75 Å². The van der Waals surface area contributed by atoms with Crippen molar-refractivity contribution in [3.8, 4) is 17.2 Å². The molecule has 1 aromatic heterocycles. The summed E-state index contributed by atoms with van der Waals surface area (Å²) in [6.45, 7) is 1.75. The SMILES string of the molecule is CN1C(=O)c2cc(-c3nnc(C(F)F)o3)ccc2OC1(C)c1ccccc1Cl. The molecule has 0 saturated carbocycles. The van der Waals surface area contributed by atoms with Gasteiger partial charge in [0.15, 0.2) is 0 Å². The number of nitrogens with zero attached hydrogens (tertiary/aromatic N) is 3. The summed E-state index contributed by atoms with van der Waals surface area (Å²) in [6.07, 6.45) is -2.87. The first-order chi connectivity index (χ1) is 13.3. The highest BCUT2D eigenvalue weighted by Gasteiger charge is 2.44. The van der Waals surface area contributed by atoms with E-state index in [1.54, 1.807) is 44.3 Å². The quantitative estimate of drug-likeness (QED) is 0.633. The topological polar surface area (TPSA) is 68.5 Å². The molecule has 9 heteroatoms. The second-order valence-electron chi connectivity index (χ2n) is 6.39. The fourth-order valence-electron chi connectivity index (χ4n) is 3.09. The average Bonchev–Trinajstić information content (AvgIpc) is 3.17. The minimum absolute atomic E-state index is 0.104. The van der Waals surface area contributed by atoms with E-state index < -0.39 is 18.0 Å². The summed E-state index contributed by atoms with van der Waals surface area (Å²) in [7, 11) is 1.60. The van der Waals surface area contributed by atoms with Crippen LogP contribution in [0.25, 0.3) is 11.5 Å². The molecule has 1 unspecified atom stereocenters. The Morgan fingerprint density at radius 1 is 1.18 bits per heavy atom. The van der Waals surface area contributed by atoms with Gasteiger partial charge in [0.1, 0.15) is 5.75 Å². The summed E-state index contributed by atoms with van der Waals surface area (Å²) >= 11 is 6.31. The largest absolute Gasteiger partial charge is 0.463 e. The minimum Gasteiger partial charge on any atom is -0.463 e. The number of halogens is 3. The fraction of sp³-hybridized carbons (Fsp3) is 0.211. The summed E-state index contributed by atoms with van der Waals surface area (Å²) in [4.78, 5) is 14.5. The van der Waals surface area contributed by atoms with E-state index in [1.807, 2.05) is 6.07 Å². The van der Waals surface area contributed by atoms with Crippen molar-refractivity contribution in [2.45, 2.75) is 19.1 Å². The number of carbonyl (C=O) groups excluding carboxylic acids is 1. The van der Waals surface area contributed by atoms with Gasteiger partial charge in [-0.1, -0.05) is 29.8 Å². The summed E-state index contributed by atoms with van der Waals surface area (Å²) in [6, 6.07) is 11.7. The van der Waals surface area contributed by atoms with Crippen LogP contribution in [0.15, 0.2) is 46.9 Å². The van der Waals surface area contributed by atoms with Gasteiger partial charge in [0.2, 0.25) is 11.6 Å². The molecule has 0 bridgehead atoms. The van der Waals surface area contributed by atoms with E-state index in [2.05, 4.69) is 10.2 Å².